The minimum absolute atomic E-state index is 0.207. The molecule has 0 aliphatic heterocycles. The first kappa shape index (κ1) is 9.21. The molecular weight excluding hydrogens is 248 g/mol. The van der Waals surface area contributed by atoms with Crippen LogP contribution in [-0.4, -0.2) is 21.0 Å². The maximum Gasteiger partial charge on any atom is 0.338 e. The zero-order valence-corrected chi connectivity index (χ0v) is 8.92. The van der Waals surface area contributed by atoms with Crippen molar-refractivity contribution in [2.75, 3.05) is 0 Å². The molecule has 0 aliphatic carbocycles. The van der Waals surface area contributed by atoms with Crippen LogP contribution < -0.4 is 0 Å². The van der Waals surface area contributed by atoms with Gasteiger partial charge in [-0.15, -0.1) is 0 Å². The Balaban J connectivity index is 2.85. The molecule has 1 aromatic heterocycles. The molecule has 0 saturated heterocycles. The summed E-state index contributed by atoms with van der Waals surface area (Å²) in [6, 6.07) is 3.35. The normalized spacial score (nSPS) is 10.7. The SMILES string of the molecule is Cc1nc2c(C(=O)O)cc(Br)cc2[nH]1. The molecule has 0 fully saturated rings. The number of carboxylic acid groups (broad SMARTS) is 1. The number of aromatic amines is 1. The number of aryl methyl sites for hydroxylation is 1. The molecule has 0 aliphatic rings. The molecule has 0 saturated carbocycles. The molecular formula is C9H7BrN2O2. The van der Waals surface area contributed by atoms with Crippen LogP contribution in [0.3, 0.4) is 0 Å². The molecule has 2 aromatic rings. The number of carbonyl (C=O) groups is 1. The van der Waals surface area contributed by atoms with E-state index < -0.39 is 5.97 Å². The minimum atomic E-state index is -0.970. The summed E-state index contributed by atoms with van der Waals surface area (Å²) in [6.45, 7) is 1.79. The number of aromatic nitrogens is 2. The van der Waals surface area contributed by atoms with Gasteiger partial charge in [-0.05, 0) is 19.1 Å². The standard InChI is InChI=1S/C9H7BrN2O2/c1-4-11-7-3-5(10)2-6(9(13)14)8(7)12-4/h2-3H,1H3,(H,11,12)(H,13,14). The molecule has 5 heteroatoms. The first-order chi connectivity index (χ1) is 6.58. The van der Waals surface area contributed by atoms with E-state index in [9.17, 15) is 4.79 Å². The lowest BCUT2D eigenvalue weighted by molar-refractivity contribution is 0.0699. The molecule has 1 aromatic carbocycles. The minimum Gasteiger partial charge on any atom is -0.478 e. The monoisotopic (exact) mass is 254 g/mol. The smallest absolute Gasteiger partial charge is 0.338 e. The predicted molar refractivity (Wildman–Crippen MR) is 55.5 cm³/mol. The van der Waals surface area contributed by atoms with E-state index in [0.717, 1.165) is 9.99 Å². The molecule has 2 N–H and O–H groups in total. The number of nitrogens with zero attached hydrogens (tertiary/aromatic N) is 1. The van der Waals surface area contributed by atoms with Crippen LogP contribution in [0.2, 0.25) is 0 Å². The second kappa shape index (κ2) is 3.09. The van der Waals surface area contributed by atoms with Crippen LogP contribution in [0.15, 0.2) is 16.6 Å². The fourth-order valence-corrected chi connectivity index (χ4v) is 1.83. The van der Waals surface area contributed by atoms with Gasteiger partial charge in [-0.3, -0.25) is 0 Å². The van der Waals surface area contributed by atoms with E-state index in [2.05, 4.69) is 25.9 Å². The number of rotatable bonds is 1. The summed E-state index contributed by atoms with van der Waals surface area (Å²) in [5.41, 5.74) is 1.44. The van der Waals surface area contributed by atoms with Crippen molar-refractivity contribution in [3.05, 3.63) is 28.0 Å². The summed E-state index contributed by atoms with van der Waals surface area (Å²) in [4.78, 5) is 18.0. The number of imidazole rings is 1. The molecule has 0 unspecified atom stereocenters. The number of fused-ring (bicyclic) bond motifs is 1. The number of hydrogen-bond acceptors (Lipinski definition) is 2. The number of aromatic carboxylic acids is 1. The van der Waals surface area contributed by atoms with Crippen LogP contribution >= 0.6 is 15.9 Å². The maximum atomic E-state index is 10.9. The van der Waals surface area contributed by atoms with Gasteiger partial charge in [-0.1, -0.05) is 15.9 Å². The zero-order valence-electron chi connectivity index (χ0n) is 7.34. The van der Waals surface area contributed by atoms with E-state index in [1.807, 2.05) is 6.07 Å². The third-order valence-electron chi connectivity index (χ3n) is 1.90. The van der Waals surface area contributed by atoms with Crippen molar-refractivity contribution in [1.29, 1.82) is 0 Å². The maximum absolute atomic E-state index is 10.9. The highest BCUT2D eigenvalue weighted by Gasteiger charge is 2.12. The molecule has 14 heavy (non-hydrogen) atoms. The summed E-state index contributed by atoms with van der Waals surface area (Å²) in [6.07, 6.45) is 0. The van der Waals surface area contributed by atoms with Crippen molar-refractivity contribution in [1.82, 2.24) is 9.97 Å². The van der Waals surface area contributed by atoms with Gasteiger partial charge in [-0.2, -0.15) is 0 Å². The van der Waals surface area contributed by atoms with E-state index >= 15 is 0 Å². The summed E-state index contributed by atoms with van der Waals surface area (Å²) in [7, 11) is 0. The highest BCUT2D eigenvalue weighted by molar-refractivity contribution is 9.10. The number of benzene rings is 1. The number of halogens is 1. The Kier molecular flexibility index (Phi) is 2.03. The Morgan fingerprint density at radius 1 is 1.57 bits per heavy atom. The first-order valence-electron chi connectivity index (χ1n) is 3.97. The Hall–Kier alpha value is -1.36. The Morgan fingerprint density at radius 2 is 2.29 bits per heavy atom. The molecule has 0 atom stereocenters. The number of H-pyrrole nitrogens is 1. The average Bonchev–Trinajstić information content (AvgIpc) is 2.42. The largest absolute Gasteiger partial charge is 0.478 e. The van der Waals surface area contributed by atoms with Gasteiger partial charge in [0.1, 0.15) is 11.3 Å². The first-order valence-corrected chi connectivity index (χ1v) is 4.76. The summed E-state index contributed by atoms with van der Waals surface area (Å²) < 4.78 is 0.728. The van der Waals surface area contributed by atoms with Gasteiger partial charge < -0.3 is 10.1 Å². The van der Waals surface area contributed by atoms with Crippen LogP contribution in [0.1, 0.15) is 16.2 Å². The van der Waals surface area contributed by atoms with Crippen LogP contribution in [-0.2, 0) is 0 Å². The van der Waals surface area contributed by atoms with E-state index in [1.54, 1.807) is 13.0 Å². The van der Waals surface area contributed by atoms with Gasteiger partial charge >= 0.3 is 5.97 Å². The lowest BCUT2D eigenvalue weighted by Gasteiger charge is -1.96. The van der Waals surface area contributed by atoms with Crippen molar-refractivity contribution in [2.45, 2.75) is 6.92 Å². The number of carboxylic acids is 1. The van der Waals surface area contributed by atoms with E-state index in [1.165, 1.54) is 0 Å². The lowest BCUT2D eigenvalue weighted by Crippen LogP contribution is -1.97. The quantitative estimate of drug-likeness (QED) is 0.821. The number of hydrogen-bond donors (Lipinski definition) is 2. The average molecular weight is 255 g/mol. The molecule has 2 rings (SSSR count). The van der Waals surface area contributed by atoms with E-state index in [-0.39, 0.29) is 5.56 Å². The second-order valence-corrected chi connectivity index (χ2v) is 3.89. The second-order valence-electron chi connectivity index (χ2n) is 2.98. The molecule has 0 bridgehead atoms. The molecule has 0 radical (unpaired) electrons. The van der Waals surface area contributed by atoms with Crippen LogP contribution in [0, 0.1) is 6.92 Å². The molecule has 1 heterocycles. The summed E-state index contributed by atoms with van der Waals surface area (Å²) in [5, 5.41) is 8.94. The Morgan fingerprint density at radius 3 is 2.93 bits per heavy atom. The van der Waals surface area contributed by atoms with Crippen molar-refractivity contribution < 1.29 is 9.90 Å². The molecule has 0 spiro atoms. The summed E-state index contributed by atoms with van der Waals surface area (Å²) in [5.74, 6) is -0.261. The fraction of sp³-hybridized carbons (Fsp3) is 0.111. The van der Waals surface area contributed by atoms with Gasteiger partial charge in [0.05, 0.1) is 11.1 Å². The van der Waals surface area contributed by atoms with Crippen molar-refractivity contribution in [3.8, 4) is 0 Å². The Labute approximate surface area is 88.1 Å². The van der Waals surface area contributed by atoms with Crippen LogP contribution in [0.5, 0.6) is 0 Å². The van der Waals surface area contributed by atoms with E-state index in [0.29, 0.717) is 11.3 Å². The highest BCUT2D eigenvalue weighted by Crippen LogP contribution is 2.22. The number of nitrogens with one attached hydrogen (secondary N) is 1. The van der Waals surface area contributed by atoms with E-state index in [4.69, 9.17) is 5.11 Å². The summed E-state index contributed by atoms with van der Waals surface area (Å²) >= 11 is 3.25. The van der Waals surface area contributed by atoms with Crippen molar-refractivity contribution in [3.63, 3.8) is 0 Å². The van der Waals surface area contributed by atoms with Crippen molar-refractivity contribution >= 4 is 32.9 Å². The zero-order chi connectivity index (χ0) is 10.3. The third kappa shape index (κ3) is 1.39. The molecule has 72 valence electrons. The highest BCUT2D eigenvalue weighted by atomic mass is 79.9. The molecule has 4 nitrogen and oxygen atoms in total. The third-order valence-corrected chi connectivity index (χ3v) is 2.36. The van der Waals surface area contributed by atoms with Gasteiger partial charge in [0.25, 0.3) is 0 Å². The fourth-order valence-electron chi connectivity index (χ4n) is 1.37. The lowest BCUT2D eigenvalue weighted by atomic mass is 10.2. The van der Waals surface area contributed by atoms with Crippen LogP contribution in [0.4, 0.5) is 0 Å². The van der Waals surface area contributed by atoms with Gasteiger partial charge in [-0.25, -0.2) is 9.78 Å². The predicted octanol–water partition coefficient (Wildman–Crippen LogP) is 2.33. The Bertz CT molecular complexity index is 519. The van der Waals surface area contributed by atoms with Gasteiger partial charge in [0, 0.05) is 4.47 Å². The van der Waals surface area contributed by atoms with Crippen LogP contribution in [0.25, 0.3) is 11.0 Å². The topological polar surface area (TPSA) is 66.0 Å². The van der Waals surface area contributed by atoms with Gasteiger partial charge in [0.2, 0.25) is 0 Å². The van der Waals surface area contributed by atoms with Gasteiger partial charge in [0.15, 0.2) is 0 Å². The van der Waals surface area contributed by atoms with Crippen molar-refractivity contribution in [2.24, 2.45) is 0 Å². The molecule has 0 amide bonds.